The van der Waals surface area contributed by atoms with Gasteiger partial charge in [0.1, 0.15) is 5.69 Å². The average Bonchev–Trinajstić information content (AvgIpc) is 2.97. The molecule has 2 aliphatic rings. The van der Waals surface area contributed by atoms with Crippen LogP contribution in [0.4, 0.5) is 17.1 Å². The Hall–Kier alpha value is -2.15. The number of hydrogen-bond acceptors (Lipinski definition) is 5. The normalized spacial score (nSPS) is 20.8. The van der Waals surface area contributed by atoms with Gasteiger partial charge in [0, 0.05) is 25.6 Å². The van der Waals surface area contributed by atoms with Gasteiger partial charge < -0.3 is 15.4 Å². The molecule has 0 spiro atoms. The predicted octanol–water partition coefficient (Wildman–Crippen LogP) is 2.07. The fraction of sp³-hybridized carbons (Fsp3) is 0.500. The van der Waals surface area contributed by atoms with Crippen molar-refractivity contribution < 1.29 is 14.5 Å². The highest BCUT2D eigenvalue weighted by molar-refractivity contribution is 5.95. The van der Waals surface area contributed by atoms with Crippen molar-refractivity contribution >= 4 is 23.0 Å². The van der Waals surface area contributed by atoms with Crippen LogP contribution >= 0.6 is 0 Å². The third-order valence-corrected chi connectivity index (χ3v) is 3.86. The van der Waals surface area contributed by atoms with Crippen LogP contribution in [0.1, 0.15) is 24.8 Å². The van der Waals surface area contributed by atoms with Crippen LogP contribution < -0.4 is 10.6 Å². The fourth-order valence-electron chi connectivity index (χ4n) is 2.74. The van der Waals surface area contributed by atoms with Gasteiger partial charge in [-0.1, -0.05) is 0 Å². The minimum Gasteiger partial charge on any atom is -0.377 e. The molecule has 0 aliphatic carbocycles. The number of nitrogens with one attached hydrogen (secondary N) is 2. The van der Waals surface area contributed by atoms with Gasteiger partial charge in [-0.3, -0.25) is 14.9 Å². The second kappa shape index (κ2) is 5.69. The van der Waals surface area contributed by atoms with Crippen LogP contribution in [0.15, 0.2) is 12.1 Å². The monoisotopic (exact) mass is 291 g/mol. The number of carbonyl (C=O) groups excluding carboxylic acids is 1. The molecule has 1 saturated heterocycles. The zero-order valence-corrected chi connectivity index (χ0v) is 11.6. The molecule has 0 bridgehead atoms. The van der Waals surface area contributed by atoms with E-state index in [0.717, 1.165) is 25.0 Å². The first-order valence-electron chi connectivity index (χ1n) is 7.10. The largest absolute Gasteiger partial charge is 0.377 e. The summed E-state index contributed by atoms with van der Waals surface area (Å²) in [6.07, 6.45) is 3.14. The van der Waals surface area contributed by atoms with Crippen molar-refractivity contribution in [3.8, 4) is 0 Å². The van der Waals surface area contributed by atoms with Gasteiger partial charge in [0.15, 0.2) is 0 Å². The first-order valence-corrected chi connectivity index (χ1v) is 7.10. The number of amides is 1. The molecule has 0 radical (unpaired) electrons. The van der Waals surface area contributed by atoms with Gasteiger partial charge in [-0.25, -0.2) is 0 Å². The van der Waals surface area contributed by atoms with Gasteiger partial charge in [0.2, 0.25) is 5.91 Å². The maximum atomic E-state index is 11.4. The molecule has 21 heavy (non-hydrogen) atoms. The van der Waals surface area contributed by atoms with Crippen LogP contribution in [0.2, 0.25) is 0 Å². The Kier molecular flexibility index (Phi) is 3.74. The van der Waals surface area contributed by atoms with Crippen LogP contribution in [-0.2, 0) is 16.0 Å². The van der Waals surface area contributed by atoms with E-state index in [1.165, 1.54) is 6.07 Å². The quantitative estimate of drug-likeness (QED) is 0.654. The highest BCUT2D eigenvalue weighted by atomic mass is 16.6. The lowest BCUT2D eigenvalue weighted by molar-refractivity contribution is -0.383. The zero-order chi connectivity index (χ0) is 14.8. The molecule has 1 aromatic carbocycles. The molecular weight excluding hydrogens is 274 g/mol. The van der Waals surface area contributed by atoms with Crippen LogP contribution in [0.5, 0.6) is 0 Å². The first kappa shape index (κ1) is 13.8. The standard InChI is InChI=1S/C14H17N3O4/c18-14-4-3-9-6-12(15-8-10-2-1-5-21-10)13(17(19)20)7-11(9)16-14/h6-7,10,15H,1-5,8H2,(H,16,18). The van der Waals surface area contributed by atoms with E-state index in [1.807, 2.05) is 0 Å². The van der Waals surface area contributed by atoms with Crippen LogP contribution in [0.25, 0.3) is 0 Å². The van der Waals surface area contributed by atoms with Crippen LogP contribution in [0.3, 0.4) is 0 Å². The Bertz CT molecular complexity index is 582. The van der Waals surface area contributed by atoms with Crippen molar-refractivity contribution in [2.24, 2.45) is 0 Å². The smallest absolute Gasteiger partial charge is 0.294 e. The Labute approximate surface area is 121 Å². The molecule has 2 aliphatic heterocycles. The van der Waals surface area contributed by atoms with Gasteiger partial charge >= 0.3 is 0 Å². The van der Waals surface area contributed by atoms with E-state index in [9.17, 15) is 14.9 Å². The molecule has 1 unspecified atom stereocenters. The molecule has 112 valence electrons. The molecule has 3 rings (SSSR count). The Morgan fingerprint density at radius 3 is 3.00 bits per heavy atom. The summed E-state index contributed by atoms with van der Waals surface area (Å²) in [7, 11) is 0. The van der Waals surface area contributed by atoms with Gasteiger partial charge in [-0.15, -0.1) is 0 Å². The van der Waals surface area contributed by atoms with Crippen molar-refractivity contribution in [1.29, 1.82) is 0 Å². The van der Waals surface area contributed by atoms with Gasteiger partial charge in [0.05, 0.1) is 16.7 Å². The number of rotatable bonds is 4. The first-order chi connectivity index (χ1) is 10.1. The van der Waals surface area contributed by atoms with Gasteiger partial charge in [-0.2, -0.15) is 0 Å². The molecular formula is C14H17N3O4. The lowest BCUT2D eigenvalue weighted by Crippen LogP contribution is -2.21. The summed E-state index contributed by atoms with van der Waals surface area (Å²) in [4.78, 5) is 22.2. The van der Waals surface area contributed by atoms with Crippen molar-refractivity contribution in [3.05, 3.63) is 27.8 Å². The van der Waals surface area contributed by atoms with Gasteiger partial charge in [0.25, 0.3) is 5.69 Å². The van der Waals surface area contributed by atoms with Crippen LogP contribution in [-0.4, -0.2) is 30.1 Å². The fourth-order valence-corrected chi connectivity index (χ4v) is 2.74. The van der Waals surface area contributed by atoms with E-state index < -0.39 is 4.92 Å². The molecule has 0 saturated carbocycles. The predicted molar refractivity (Wildman–Crippen MR) is 77.5 cm³/mol. The van der Waals surface area contributed by atoms with E-state index in [1.54, 1.807) is 6.07 Å². The molecule has 1 aromatic rings. The Morgan fingerprint density at radius 2 is 2.29 bits per heavy atom. The summed E-state index contributed by atoms with van der Waals surface area (Å²) in [6.45, 7) is 1.32. The maximum Gasteiger partial charge on any atom is 0.294 e. The van der Waals surface area contributed by atoms with E-state index in [0.29, 0.717) is 30.8 Å². The van der Waals surface area contributed by atoms with Gasteiger partial charge in [-0.05, 0) is 30.9 Å². The second-order valence-electron chi connectivity index (χ2n) is 5.35. The number of carbonyl (C=O) groups is 1. The third-order valence-electron chi connectivity index (χ3n) is 3.86. The SMILES string of the molecule is O=C1CCc2cc(NCC3CCCO3)c([N+](=O)[O-])cc2N1. The number of benzene rings is 1. The summed E-state index contributed by atoms with van der Waals surface area (Å²) in [5, 5.41) is 17.0. The molecule has 7 nitrogen and oxygen atoms in total. The van der Waals surface area contributed by atoms with E-state index in [-0.39, 0.29) is 17.7 Å². The zero-order valence-electron chi connectivity index (χ0n) is 11.6. The number of nitrogens with zero attached hydrogens (tertiary/aromatic N) is 1. The molecule has 1 amide bonds. The molecule has 7 heteroatoms. The number of anilines is 2. The lowest BCUT2D eigenvalue weighted by atomic mass is 10.0. The summed E-state index contributed by atoms with van der Waals surface area (Å²) >= 11 is 0. The number of fused-ring (bicyclic) bond motifs is 1. The molecule has 1 atom stereocenters. The summed E-state index contributed by atoms with van der Waals surface area (Å²) in [6, 6.07) is 3.20. The summed E-state index contributed by atoms with van der Waals surface area (Å²) in [5.74, 6) is -0.100. The van der Waals surface area contributed by atoms with Crippen molar-refractivity contribution in [2.45, 2.75) is 31.8 Å². The van der Waals surface area contributed by atoms with Crippen molar-refractivity contribution in [2.75, 3.05) is 23.8 Å². The lowest BCUT2D eigenvalue weighted by Gasteiger charge is -2.19. The topological polar surface area (TPSA) is 93.5 Å². The molecule has 1 fully saturated rings. The van der Waals surface area contributed by atoms with E-state index in [2.05, 4.69) is 10.6 Å². The second-order valence-corrected chi connectivity index (χ2v) is 5.35. The summed E-state index contributed by atoms with van der Waals surface area (Å²) < 4.78 is 5.51. The Morgan fingerprint density at radius 1 is 1.43 bits per heavy atom. The number of aryl methyl sites for hydroxylation is 1. The number of nitro benzene ring substituents is 1. The third kappa shape index (κ3) is 2.97. The Balaban J connectivity index is 1.83. The van der Waals surface area contributed by atoms with Crippen LogP contribution in [0, 0.1) is 10.1 Å². The van der Waals surface area contributed by atoms with Crippen molar-refractivity contribution in [1.82, 2.24) is 0 Å². The number of nitro groups is 1. The highest BCUT2D eigenvalue weighted by Crippen LogP contribution is 2.34. The summed E-state index contributed by atoms with van der Waals surface area (Å²) in [5.41, 5.74) is 1.94. The average molecular weight is 291 g/mol. The van der Waals surface area contributed by atoms with Crippen molar-refractivity contribution in [3.63, 3.8) is 0 Å². The van der Waals surface area contributed by atoms with E-state index in [4.69, 9.17) is 4.74 Å². The highest BCUT2D eigenvalue weighted by Gasteiger charge is 2.23. The molecule has 2 N–H and O–H groups in total. The number of hydrogen-bond donors (Lipinski definition) is 2. The molecule has 0 aromatic heterocycles. The minimum absolute atomic E-state index is 0.0195. The maximum absolute atomic E-state index is 11.4. The minimum atomic E-state index is -0.432. The molecule has 2 heterocycles. The van der Waals surface area contributed by atoms with E-state index >= 15 is 0 Å². The number of ether oxygens (including phenoxy) is 1.